The van der Waals surface area contributed by atoms with Gasteiger partial charge in [-0.1, -0.05) is 36.4 Å². The monoisotopic (exact) mass is 318 g/mol. The van der Waals surface area contributed by atoms with Gasteiger partial charge >= 0.3 is 6.18 Å². The molecular weight excluding hydrogens is 305 g/mol. The zero-order valence-corrected chi connectivity index (χ0v) is 12.0. The van der Waals surface area contributed by atoms with E-state index in [0.29, 0.717) is 18.7 Å². The second-order valence-electron chi connectivity index (χ2n) is 5.15. The van der Waals surface area contributed by atoms with Gasteiger partial charge < -0.3 is 4.40 Å². The van der Waals surface area contributed by atoms with Crippen molar-refractivity contribution in [2.75, 3.05) is 0 Å². The number of ketones is 1. The van der Waals surface area contributed by atoms with Crippen molar-refractivity contribution in [2.24, 2.45) is 0 Å². The molecule has 0 spiro atoms. The van der Waals surface area contributed by atoms with Crippen LogP contribution in [0.1, 0.15) is 21.9 Å². The largest absolute Gasteiger partial charge is 0.456 e. The summed E-state index contributed by atoms with van der Waals surface area (Å²) >= 11 is 0. The number of aryl methyl sites for hydroxylation is 2. The van der Waals surface area contributed by atoms with Crippen molar-refractivity contribution in [3.63, 3.8) is 0 Å². The van der Waals surface area contributed by atoms with E-state index in [0.717, 1.165) is 5.56 Å². The van der Waals surface area contributed by atoms with Gasteiger partial charge in [0.2, 0.25) is 0 Å². The number of aromatic nitrogens is 2. The lowest BCUT2D eigenvalue weighted by molar-refractivity contribution is -0.0887. The predicted octanol–water partition coefficient (Wildman–Crippen LogP) is 3.86. The molecule has 2 heterocycles. The van der Waals surface area contributed by atoms with E-state index >= 15 is 0 Å². The molecule has 0 radical (unpaired) electrons. The van der Waals surface area contributed by atoms with Gasteiger partial charge in [-0.05, 0) is 24.1 Å². The molecule has 0 aliphatic rings. The number of hydrogen-bond donors (Lipinski definition) is 0. The van der Waals surface area contributed by atoms with Crippen LogP contribution in [0.15, 0.2) is 54.7 Å². The van der Waals surface area contributed by atoms with Gasteiger partial charge in [0.25, 0.3) is 5.78 Å². The van der Waals surface area contributed by atoms with Gasteiger partial charge in [0.05, 0.1) is 5.52 Å². The van der Waals surface area contributed by atoms with Crippen LogP contribution in [-0.2, 0) is 12.8 Å². The smallest absolute Gasteiger partial charge is 0.303 e. The van der Waals surface area contributed by atoms with Crippen LogP contribution < -0.4 is 0 Å². The number of carbonyl (C=O) groups excluding carboxylic acids is 1. The van der Waals surface area contributed by atoms with E-state index in [2.05, 4.69) is 4.98 Å². The number of pyridine rings is 1. The lowest BCUT2D eigenvalue weighted by Gasteiger charge is -2.02. The molecule has 3 nitrogen and oxygen atoms in total. The van der Waals surface area contributed by atoms with Crippen LogP contribution >= 0.6 is 0 Å². The minimum atomic E-state index is -4.93. The lowest BCUT2D eigenvalue weighted by atomic mass is 10.1. The number of fused-ring (bicyclic) bond motifs is 1. The van der Waals surface area contributed by atoms with E-state index in [1.807, 2.05) is 30.3 Å². The fourth-order valence-electron chi connectivity index (χ4n) is 2.48. The van der Waals surface area contributed by atoms with Crippen LogP contribution in [0.25, 0.3) is 5.52 Å². The van der Waals surface area contributed by atoms with Gasteiger partial charge in [0.15, 0.2) is 0 Å². The molecule has 1 aromatic carbocycles. The first-order chi connectivity index (χ1) is 11.0. The van der Waals surface area contributed by atoms with Crippen molar-refractivity contribution in [3.8, 4) is 0 Å². The van der Waals surface area contributed by atoms with Crippen LogP contribution in [0.4, 0.5) is 13.2 Å². The average molecular weight is 318 g/mol. The summed E-state index contributed by atoms with van der Waals surface area (Å²) in [7, 11) is 0. The molecule has 0 unspecified atom stereocenters. The number of imidazole rings is 1. The van der Waals surface area contributed by atoms with Crippen molar-refractivity contribution in [1.82, 2.24) is 9.38 Å². The van der Waals surface area contributed by atoms with E-state index in [1.54, 1.807) is 22.7 Å². The third-order valence-electron chi connectivity index (χ3n) is 3.57. The SMILES string of the molecule is O=C(c1nc(CCc2ccccc2)n2ccccc12)C(F)(F)F. The maximum atomic E-state index is 12.7. The van der Waals surface area contributed by atoms with Crippen LogP contribution in [0, 0.1) is 0 Å². The summed E-state index contributed by atoms with van der Waals surface area (Å²) in [6, 6.07) is 14.3. The summed E-state index contributed by atoms with van der Waals surface area (Å²) < 4.78 is 39.7. The average Bonchev–Trinajstić information content (AvgIpc) is 2.91. The van der Waals surface area contributed by atoms with Gasteiger partial charge in [0.1, 0.15) is 11.5 Å². The maximum Gasteiger partial charge on any atom is 0.456 e. The molecule has 118 valence electrons. The lowest BCUT2D eigenvalue weighted by Crippen LogP contribution is -2.23. The fourth-order valence-corrected chi connectivity index (χ4v) is 2.48. The van der Waals surface area contributed by atoms with Crippen molar-refractivity contribution < 1.29 is 18.0 Å². The highest BCUT2D eigenvalue weighted by Gasteiger charge is 2.42. The van der Waals surface area contributed by atoms with Gasteiger partial charge in [-0.3, -0.25) is 4.79 Å². The van der Waals surface area contributed by atoms with E-state index in [9.17, 15) is 18.0 Å². The van der Waals surface area contributed by atoms with E-state index in [-0.39, 0.29) is 5.52 Å². The van der Waals surface area contributed by atoms with Crippen LogP contribution in [0.5, 0.6) is 0 Å². The Morgan fingerprint density at radius 1 is 1.00 bits per heavy atom. The molecule has 3 aromatic rings. The molecule has 23 heavy (non-hydrogen) atoms. The zero-order chi connectivity index (χ0) is 16.4. The first-order valence-corrected chi connectivity index (χ1v) is 7.08. The normalized spacial score (nSPS) is 11.8. The number of rotatable bonds is 4. The molecule has 0 atom stereocenters. The molecule has 6 heteroatoms. The topological polar surface area (TPSA) is 34.4 Å². The Kier molecular flexibility index (Phi) is 3.90. The van der Waals surface area contributed by atoms with Crippen molar-refractivity contribution in [3.05, 3.63) is 71.8 Å². The van der Waals surface area contributed by atoms with E-state index in [4.69, 9.17) is 0 Å². The summed E-state index contributed by atoms with van der Waals surface area (Å²) in [5.74, 6) is -1.47. The molecule has 0 saturated heterocycles. The first kappa shape index (κ1) is 15.3. The number of benzene rings is 1. The summed E-state index contributed by atoms with van der Waals surface area (Å²) in [5.41, 5.74) is 0.697. The van der Waals surface area contributed by atoms with Crippen LogP contribution in [-0.4, -0.2) is 21.3 Å². The Hall–Kier alpha value is -2.63. The highest BCUT2D eigenvalue weighted by Crippen LogP contribution is 2.24. The molecule has 2 aromatic heterocycles. The Bertz CT molecular complexity index is 838. The Morgan fingerprint density at radius 2 is 1.70 bits per heavy atom. The third kappa shape index (κ3) is 3.11. The Labute approximate surface area is 130 Å². The standard InChI is InChI=1S/C17H13F3N2O/c18-17(19,20)16(23)15-13-8-4-5-11-22(13)14(21-15)10-9-12-6-2-1-3-7-12/h1-8,11H,9-10H2. The van der Waals surface area contributed by atoms with Gasteiger partial charge in [-0.2, -0.15) is 13.2 Å². The first-order valence-electron chi connectivity index (χ1n) is 7.08. The molecule has 0 bridgehead atoms. The highest BCUT2D eigenvalue weighted by molar-refractivity contribution is 6.04. The number of Topliss-reactive ketones (excluding diaryl/α,β-unsaturated/α-hetero) is 1. The Morgan fingerprint density at radius 3 is 2.39 bits per heavy atom. The number of nitrogens with zero attached hydrogens (tertiary/aromatic N) is 2. The van der Waals surface area contributed by atoms with E-state index in [1.165, 1.54) is 6.07 Å². The van der Waals surface area contributed by atoms with E-state index < -0.39 is 17.7 Å². The van der Waals surface area contributed by atoms with Crippen molar-refractivity contribution >= 4 is 11.3 Å². The summed E-state index contributed by atoms with van der Waals surface area (Å²) in [6.45, 7) is 0. The number of carbonyl (C=O) groups is 1. The number of hydrogen-bond acceptors (Lipinski definition) is 2. The summed E-state index contributed by atoms with van der Waals surface area (Å²) in [5, 5.41) is 0. The minimum Gasteiger partial charge on any atom is -0.303 e. The van der Waals surface area contributed by atoms with Crippen molar-refractivity contribution in [2.45, 2.75) is 19.0 Å². The predicted molar refractivity (Wildman–Crippen MR) is 79.4 cm³/mol. The van der Waals surface area contributed by atoms with Gasteiger partial charge in [0, 0.05) is 12.6 Å². The second kappa shape index (κ2) is 5.87. The Balaban J connectivity index is 1.96. The molecule has 0 fully saturated rings. The van der Waals surface area contributed by atoms with Crippen LogP contribution in [0.2, 0.25) is 0 Å². The number of halogens is 3. The molecule has 0 amide bonds. The molecule has 0 aliphatic carbocycles. The summed E-state index contributed by atoms with van der Waals surface area (Å²) in [6.07, 6.45) is -2.23. The molecule has 0 N–H and O–H groups in total. The van der Waals surface area contributed by atoms with Gasteiger partial charge in [-0.15, -0.1) is 0 Å². The molecular formula is C17H13F3N2O. The number of alkyl halides is 3. The zero-order valence-electron chi connectivity index (χ0n) is 12.0. The minimum absolute atomic E-state index is 0.179. The summed E-state index contributed by atoms with van der Waals surface area (Å²) in [4.78, 5) is 15.5. The molecule has 3 rings (SSSR count). The second-order valence-corrected chi connectivity index (χ2v) is 5.15. The molecule has 0 saturated carbocycles. The quantitative estimate of drug-likeness (QED) is 0.685. The van der Waals surface area contributed by atoms with Crippen LogP contribution in [0.3, 0.4) is 0 Å². The highest BCUT2D eigenvalue weighted by atomic mass is 19.4. The molecule has 0 aliphatic heterocycles. The third-order valence-corrected chi connectivity index (χ3v) is 3.57. The fraction of sp³-hybridized carbons (Fsp3) is 0.176. The van der Waals surface area contributed by atoms with Gasteiger partial charge in [-0.25, -0.2) is 4.98 Å². The maximum absolute atomic E-state index is 12.7. The van der Waals surface area contributed by atoms with Crippen molar-refractivity contribution in [1.29, 1.82) is 0 Å².